The highest BCUT2D eigenvalue weighted by molar-refractivity contribution is 5.86. The van der Waals surface area contributed by atoms with Gasteiger partial charge in [0.05, 0.1) is 28.7 Å². The van der Waals surface area contributed by atoms with E-state index in [1.54, 1.807) is 16.9 Å². The number of hydrogen-bond acceptors (Lipinski definition) is 4. The number of nitrogens with zero attached hydrogens (tertiary/aromatic N) is 6. The second kappa shape index (κ2) is 3.86. The summed E-state index contributed by atoms with van der Waals surface area (Å²) in [5.41, 5.74) is 4.63. The molecule has 98 valence electrons. The minimum atomic E-state index is 0.804. The number of rotatable bonds is 1. The third-order valence-electron chi connectivity index (χ3n) is 3.48. The monoisotopic (exact) mass is 264 g/mol. The largest absolute Gasteiger partial charge is 0.268 e. The second-order valence-corrected chi connectivity index (χ2v) is 4.74. The second-order valence-electron chi connectivity index (χ2n) is 4.74. The lowest BCUT2D eigenvalue weighted by atomic mass is 10.2. The molecule has 4 aromatic rings. The van der Waals surface area contributed by atoms with Gasteiger partial charge in [0, 0.05) is 31.0 Å². The molecule has 0 radical (unpaired) electrons. The minimum Gasteiger partial charge on any atom is -0.268 e. The first kappa shape index (κ1) is 11.1. The van der Waals surface area contributed by atoms with Gasteiger partial charge in [-0.05, 0) is 19.1 Å². The molecule has 20 heavy (non-hydrogen) atoms. The SMILES string of the molecule is Cc1nn(C)c2cc(-c3cnn4cccnc34)ncc12. The van der Waals surface area contributed by atoms with E-state index < -0.39 is 0 Å². The van der Waals surface area contributed by atoms with E-state index in [1.165, 1.54) is 0 Å². The zero-order valence-electron chi connectivity index (χ0n) is 11.1. The molecule has 0 aliphatic heterocycles. The van der Waals surface area contributed by atoms with Crippen LogP contribution in [0.2, 0.25) is 0 Å². The number of fused-ring (bicyclic) bond motifs is 2. The Bertz CT molecular complexity index is 933. The Morgan fingerprint density at radius 3 is 2.95 bits per heavy atom. The van der Waals surface area contributed by atoms with Gasteiger partial charge in [0.2, 0.25) is 0 Å². The summed E-state index contributed by atoms with van der Waals surface area (Å²) >= 11 is 0. The van der Waals surface area contributed by atoms with Crippen molar-refractivity contribution >= 4 is 16.6 Å². The Balaban J connectivity index is 2.00. The first-order valence-electron chi connectivity index (χ1n) is 6.32. The molecule has 0 unspecified atom stereocenters. The van der Waals surface area contributed by atoms with Crippen LogP contribution in [0.4, 0.5) is 0 Å². The smallest absolute Gasteiger partial charge is 0.164 e. The third-order valence-corrected chi connectivity index (χ3v) is 3.48. The maximum Gasteiger partial charge on any atom is 0.164 e. The summed E-state index contributed by atoms with van der Waals surface area (Å²) in [6.07, 6.45) is 7.28. The third kappa shape index (κ3) is 1.45. The van der Waals surface area contributed by atoms with Gasteiger partial charge in [-0.15, -0.1) is 0 Å². The predicted molar refractivity (Wildman–Crippen MR) is 75.2 cm³/mol. The normalized spacial score (nSPS) is 11.5. The Hall–Kier alpha value is -2.76. The summed E-state index contributed by atoms with van der Waals surface area (Å²) in [4.78, 5) is 8.89. The van der Waals surface area contributed by atoms with Crippen molar-refractivity contribution in [2.45, 2.75) is 6.92 Å². The minimum absolute atomic E-state index is 0.804. The van der Waals surface area contributed by atoms with Gasteiger partial charge in [-0.2, -0.15) is 10.2 Å². The maximum atomic E-state index is 4.53. The molecule has 0 saturated heterocycles. The molecule has 6 nitrogen and oxygen atoms in total. The topological polar surface area (TPSA) is 60.9 Å². The first-order chi connectivity index (χ1) is 9.74. The highest BCUT2D eigenvalue weighted by Crippen LogP contribution is 2.25. The molecule has 0 spiro atoms. The molecule has 0 atom stereocenters. The maximum absolute atomic E-state index is 4.53. The number of pyridine rings is 1. The van der Waals surface area contributed by atoms with Crippen molar-refractivity contribution in [1.82, 2.24) is 29.4 Å². The van der Waals surface area contributed by atoms with Gasteiger partial charge in [-0.3, -0.25) is 9.67 Å². The van der Waals surface area contributed by atoms with Crippen molar-refractivity contribution in [3.05, 3.63) is 42.6 Å². The molecule has 0 aliphatic rings. The molecule has 0 amide bonds. The van der Waals surface area contributed by atoms with Crippen LogP contribution in [-0.2, 0) is 7.05 Å². The van der Waals surface area contributed by atoms with E-state index >= 15 is 0 Å². The van der Waals surface area contributed by atoms with E-state index in [2.05, 4.69) is 20.2 Å². The van der Waals surface area contributed by atoms with Crippen LogP contribution in [0, 0.1) is 6.92 Å². The number of aromatic nitrogens is 6. The van der Waals surface area contributed by atoms with Crippen LogP contribution in [0.3, 0.4) is 0 Å². The molecule has 0 aliphatic carbocycles. The zero-order chi connectivity index (χ0) is 13.7. The average molecular weight is 264 g/mol. The molecule has 6 heteroatoms. The van der Waals surface area contributed by atoms with Crippen LogP contribution in [-0.4, -0.2) is 29.4 Å². The standard InChI is InChI=1S/C14H12N6/c1-9-10-7-16-12(6-13(10)19(2)18-9)11-8-17-20-5-3-4-15-14(11)20/h3-8H,1-2H3. The van der Waals surface area contributed by atoms with Gasteiger partial charge in [-0.1, -0.05) is 0 Å². The highest BCUT2D eigenvalue weighted by atomic mass is 15.3. The Labute approximate surface area is 114 Å². The van der Waals surface area contributed by atoms with E-state index in [0.717, 1.165) is 33.5 Å². The van der Waals surface area contributed by atoms with Crippen LogP contribution in [0.25, 0.3) is 27.8 Å². The van der Waals surface area contributed by atoms with E-state index in [9.17, 15) is 0 Å². The molecular formula is C14H12N6. The van der Waals surface area contributed by atoms with Crippen molar-refractivity contribution in [3.63, 3.8) is 0 Å². The Morgan fingerprint density at radius 1 is 1.15 bits per heavy atom. The van der Waals surface area contributed by atoms with Crippen molar-refractivity contribution in [2.24, 2.45) is 7.05 Å². The summed E-state index contributed by atoms with van der Waals surface area (Å²) in [5, 5.41) is 9.78. The Kier molecular flexibility index (Phi) is 2.14. The van der Waals surface area contributed by atoms with E-state index in [-0.39, 0.29) is 0 Å². The van der Waals surface area contributed by atoms with E-state index in [0.29, 0.717) is 0 Å². The molecule has 0 N–H and O–H groups in total. The first-order valence-corrected chi connectivity index (χ1v) is 6.32. The summed E-state index contributed by atoms with van der Waals surface area (Å²) in [5.74, 6) is 0. The fraction of sp³-hybridized carbons (Fsp3) is 0.143. The zero-order valence-corrected chi connectivity index (χ0v) is 11.1. The van der Waals surface area contributed by atoms with Crippen molar-refractivity contribution in [3.8, 4) is 11.3 Å². The van der Waals surface area contributed by atoms with Gasteiger partial charge in [0.1, 0.15) is 0 Å². The molecular weight excluding hydrogens is 252 g/mol. The number of aryl methyl sites for hydroxylation is 2. The lowest BCUT2D eigenvalue weighted by Crippen LogP contribution is -1.91. The lowest BCUT2D eigenvalue weighted by molar-refractivity contribution is 0.783. The van der Waals surface area contributed by atoms with E-state index in [4.69, 9.17) is 0 Å². The van der Waals surface area contributed by atoms with E-state index in [1.807, 2.05) is 43.2 Å². The summed E-state index contributed by atoms with van der Waals surface area (Å²) in [7, 11) is 1.94. The van der Waals surface area contributed by atoms with Gasteiger partial charge in [0.15, 0.2) is 5.65 Å². The summed E-state index contributed by atoms with van der Waals surface area (Å²) in [6.45, 7) is 1.99. The fourth-order valence-corrected chi connectivity index (χ4v) is 2.48. The van der Waals surface area contributed by atoms with Crippen LogP contribution in [0.5, 0.6) is 0 Å². The van der Waals surface area contributed by atoms with Crippen LogP contribution in [0.15, 0.2) is 36.9 Å². The average Bonchev–Trinajstić information content (AvgIpc) is 3.01. The van der Waals surface area contributed by atoms with Crippen molar-refractivity contribution in [2.75, 3.05) is 0 Å². The molecule has 0 bridgehead atoms. The fourth-order valence-electron chi connectivity index (χ4n) is 2.48. The van der Waals surface area contributed by atoms with Gasteiger partial charge >= 0.3 is 0 Å². The highest BCUT2D eigenvalue weighted by Gasteiger charge is 2.12. The summed E-state index contributed by atoms with van der Waals surface area (Å²) < 4.78 is 3.62. The molecule has 0 saturated carbocycles. The molecule has 0 fully saturated rings. The molecule has 4 heterocycles. The van der Waals surface area contributed by atoms with Crippen LogP contribution >= 0.6 is 0 Å². The predicted octanol–water partition coefficient (Wildman–Crippen LogP) is 1.99. The summed E-state index contributed by atoms with van der Waals surface area (Å²) in [6, 6.07) is 3.88. The molecule has 0 aromatic carbocycles. The molecule has 4 rings (SSSR count). The van der Waals surface area contributed by atoms with Crippen molar-refractivity contribution < 1.29 is 0 Å². The van der Waals surface area contributed by atoms with Crippen LogP contribution in [0.1, 0.15) is 5.69 Å². The molecule has 4 aromatic heterocycles. The quantitative estimate of drug-likeness (QED) is 0.527. The van der Waals surface area contributed by atoms with Gasteiger partial charge in [-0.25, -0.2) is 9.50 Å². The van der Waals surface area contributed by atoms with Crippen molar-refractivity contribution in [1.29, 1.82) is 0 Å². The number of hydrogen-bond donors (Lipinski definition) is 0. The van der Waals surface area contributed by atoms with Crippen LogP contribution < -0.4 is 0 Å². The Morgan fingerprint density at radius 2 is 2.05 bits per heavy atom. The lowest BCUT2D eigenvalue weighted by Gasteiger charge is -2.00. The van der Waals surface area contributed by atoms with Gasteiger partial charge < -0.3 is 0 Å². The van der Waals surface area contributed by atoms with Gasteiger partial charge in [0.25, 0.3) is 0 Å².